The molecule has 0 atom stereocenters. The molecular formula is C9H8F3N. The van der Waals surface area contributed by atoms with Crippen molar-refractivity contribution >= 4 is 6.08 Å². The van der Waals surface area contributed by atoms with Gasteiger partial charge < -0.3 is 0 Å². The van der Waals surface area contributed by atoms with Crippen LogP contribution in [0.5, 0.6) is 0 Å². The highest BCUT2D eigenvalue weighted by Crippen LogP contribution is 2.31. The maximum absolute atomic E-state index is 12.3. The van der Waals surface area contributed by atoms with Crippen LogP contribution in [0.15, 0.2) is 24.5 Å². The van der Waals surface area contributed by atoms with E-state index in [2.05, 4.69) is 4.98 Å². The molecule has 4 heteroatoms. The van der Waals surface area contributed by atoms with Gasteiger partial charge in [0, 0.05) is 18.0 Å². The molecule has 70 valence electrons. The Morgan fingerprint density at radius 2 is 2.08 bits per heavy atom. The number of nitrogens with zero attached hydrogens (tertiary/aromatic N) is 1. The van der Waals surface area contributed by atoms with Crippen molar-refractivity contribution in [1.82, 2.24) is 4.98 Å². The van der Waals surface area contributed by atoms with Gasteiger partial charge in [-0.05, 0) is 13.0 Å². The second-order valence-electron chi connectivity index (χ2n) is 2.46. The van der Waals surface area contributed by atoms with Gasteiger partial charge in [-0.1, -0.05) is 12.2 Å². The van der Waals surface area contributed by atoms with Gasteiger partial charge in [0.05, 0.1) is 5.56 Å². The summed E-state index contributed by atoms with van der Waals surface area (Å²) in [5.74, 6) is 0. The second kappa shape index (κ2) is 3.60. The molecule has 0 saturated heterocycles. The van der Waals surface area contributed by atoms with E-state index >= 15 is 0 Å². The number of rotatable bonds is 1. The maximum Gasteiger partial charge on any atom is 0.417 e. The lowest BCUT2D eigenvalue weighted by atomic mass is 10.1. The number of aromatic nitrogens is 1. The summed E-state index contributed by atoms with van der Waals surface area (Å²) in [6, 6.07) is 0.968. The van der Waals surface area contributed by atoms with Crippen LogP contribution in [0.2, 0.25) is 0 Å². The highest BCUT2D eigenvalue weighted by atomic mass is 19.4. The van der Waals surface area contributed by atoms with Gasteiger partial charge in [-0.15, -0.1) is 0 Å². The van der Waals surface area contributed by atoms with E-state index in [-0.39, 0.29) is 5.56 Å². The van der Waals surface area contributed by atoms with Gasteiger partial charge in [-0.2, -0.15) is 13.2 Å². The summed E-state index contributed by atoms with van der Waals surface area (Å²) in [5.41, 5.74) is -0.557. The van der Waals surface area contributed by atoms with Crippen LogP contribution in [-0.2, 0) is 6.18 Å². The van der Waals surface area contributed by atoms with Gasteiger partial charge >= 0.3 is 6.18 Å². The molecule has 0 aliphatic rings. The lowest BCUT2D eigenvalue weighted by molar-refractivity contribution is -0.137. The second-order valence-corrected chi connectivity index (χ2v) is 2.46. The van der Waals surface area contributed by atoms with Gasteiger partial charge in [0.15, 0.2) is 0 Å². The number of hydrogen-bond acceptors (Lipinski definition) is 1. The molecule has 1 rings (SSSR count). The zero-order valence-electron chi connectivity index (χ0n) is 6.97. The average Bonchev–Trinajstić information content (AvgIpc) is 2.04. The zero-order chi connectivity index (χ0) is 9.90. The van der Waals surface area contributed by atoms with Crippen LogP contribution in [0.1, 0.15) is 18.1 Å². The van der Waals surface area contributed by atoms with Crippen LogP contribution in [0.4, 0.5) is 13.2 Å². The van der Waals surface area contributed by atoms with E-state index in [0.717, 1.165) is 12.3 Å². The van der Waals surface area contributed by atoms with E-state index < -0.39 is 11.7 Å². The Kier molecular flexibility index (Phi) is 2.70. The van der Waals surface area contributed by atoms with Crippen LogP contribution in [0.3, 0.4) is 0 Å². The van der Waals surface area contributed by atoms with E-state index in [1.807, 2.05) is 0 Å². The Balaban J connectivity index is 3.20. The molecule has 0 unspecified atom stereocenters. The Bertz CT molecular complexity index is 315. The van der Waals surface area contributed by atoms with Crippen molar-refractivity contribution in [1.29, 1.82) is 0 Å². The van der Waals surface area contributed by atoms with E-state index in [4.69, 9.17) is 0 Å². The predicted molar refractivity (Wildman–Crippen MR) is 43.9 cm³/mol. The molecule has 1 heterocycles. The van der Waals surface area contributed by atoms with Crippen molar-refractivity contribution < 1.29 is 13.2 Å². The van der Waals surface area contributed by atoms with Gasteiger partial charge in [-0.25, -0.2) is 0 Å². The first-order chi connectivity index (χ1) is 6.05. The van der Waals surface area contributed by atoms with Gasteiger partial charge in [0.25, 0.3) is 0 Å². The molecular weight excluding hydrogens is 179 g/mol. The van der Waals surface area contributed by atoms with Crippen LogP contribution < -0.4 is 0 Å². The SMILES string of the molecule is C/C=C\c1cnccc1C(F)(F)F. The van der Waals surface area contributed by atoms with Crippen LogP contribution in [0.25, 0.3) is 6.08 Å². The minimum absolute atomic E-state index is 0.0949. The van der Waals surface area contributed by atoms with Crippen molar-refractivity contribution in [2.45, 2.75) is 13.1 Å². The molecule has 0 aromatic carbocycles. The summed E-state index contributed by atoms with van der Waals surface area (Å²) in [5, 5.41) is 0. The molecule has 1 aromatic rings. The number of pyridine rings is 1. The van der Waals surface area contributed by atoms with Crippen molar-refractivity contribution in [3.8, 4) is 0 Å². The lowest BCUT2D eigenvalue weighted by Crippen LogP contribution is -2.07. The van der Waals surface area contributed by atoms with Crippen molar-refractivity contribution in [2.75, 3.05) is 0 Å². The zero-order valence-corrected chi connectivity index (χ0v) is 6.97. The Morgan fingerprint density at radius 3 is 2.62 bits per heavy atom. The molecule has 1 aromatic heterocycles. The third-order valence-corrected chi connectivity index (χ3v) is 1.50. The van der Waals surface area contributed by atoms with Crippen molar-refractivity contribution in [2.24, 2.45) is 0 Å². The first-order valence-corrected chi connectivity index (χ1v) is 3.69. The standard InChI is InChI=1S/C9H8F3N/c1-2-3-7-6-13-5-4-8(7)9(10,11)12/h2-6H,1H3/b3-2-. The van der Waals surface area contributed by atoms with E-state index in [1.54, 1.807) is 13.0 Å². The van der Waals surface area contributed by atoms with E-state index in [1.165, 1.54) is 12.3 Å². The molecule has 0 N–H and O–H groups in total. The average molecular weight is 187 g/mol. The summed E-state index contributed by atoms with van der Waals surface area (Å²) >= 11 is 0. The third-order valence-electron chi connectivity index (χ3n) is 1.50. The molecule has 1 nitrogen and oxygen atoms in total. The van der Waals surface area contributed by atoms with Crippen molar-refractivity contribution in [3.05, 3.63) is 35.7 Å². The number of hydrogen-bond donors (Lipinski definition) is 0. The monoisotopic (exact) mass is 187 g/mol. The molecule has 0 spiro atoms. The molecule has 0 fully saturated rings. The molecule has 0 saturated carbocycles. The number of allylic oxidation sites excluding steroid dienone is 1. The van der Waals surface area contributed by atoms with E-state index in [9.17, 15) is 13.2 Å². The normalized spacial score (nSPS) is 12.3. The molecule has 0 amide bonds. The topological polar surface area (TPSA) is 12.9 Å². The summed E-state index contributed by atoms with van der Waals surface area (Å²) < 4.78 is 36.9. The summed E-state index contributed by atoms with van der Waals surface area (Å²) in [7, 11) is 0. The summed E-state index contributed by atoms with van der Waals surface area (Å²) in [4.78, 5) is 3.63. The molecule has 0 bridgehead atoms. The van der Waals surface area contributed by atoms with E-state index in [0.29, 0.717) is 0 Å². The van der Waals surface area contributed by atoms with Gasteiger partial charge in [0.1, 0.15) is 0 Å². The Morgan fingerprint density at radius 1 is 1.38 bits per heavy atom. The first-order valence-electron chi connectivity index (χ1n) is 3.69. The highest BCUT2D eigenvalue weighted by molar-refractivity contribution is 5.52. The molecule has 0 radical (unpaired) electrons. The van der Waals surface area contributed by atoms with Crippen molar-refractivity contribution in [3.63, 3.8) is 0 Å². The summed E-state index contributed by atoms with van der Waals surface area (Å²) in [6.07, 6.45) is 0.957. The quantitative estimate of drug-likeness (QED) is 0.658. The molecule has 0 aliphatic carbocycles. The Hall–Kier alpha value is -1.32. The van der Waals surface area contributed by atoms with Gasteiger partial charge in [-0.3, -0.25) is 4.98 Å². The summed E-state index contributed by atoms with van der Waals surface area (Å²) in [6.45, 7) is 1.66. The molecule has 0 aliphatic heterocycles. The fraction of sp³-hybridized carbons (Fsp3) is 0.222. The fourth-order valence-corrected chi connectivity index (χ4v) is 0.977. The Labute approximate surface area is 73.9 Å². The van der Waals surface area contributed by atoms with Crippen LogP contribution in [-0.4, -0.2) is 4.98 Å². The number of alkyl halides is 3. The predicted octanol–water partition coefficient (Wildman–Crippen LogP) is 3.13. The fourth-order valence-electron chi connectivity index (χ4n) is 0.977. The largest absolute Gasteiger partial charge is 0.417 e. The van der Waals surface area contributed by atoms with Gasteiger partial charge in [0.2, 0.25) is 0 Å². The highest BCUT2D eigenvalue weighted by Gasteiger charge is 2.32. The molecule has 13 heavy (non-hydrogen) atoms. The third kappa shape index (κ3) is 2.31. The minimum atomic E-state index is -4.31. The lowest BCUT2D eigenvalue weighted by Gasteiger charge is -2.08. The van der Waals surface area contributed by atoms with Crippen LogP contribution >= 0.6 is 0 Å². The minimum Gasteiger partial charge on any atom is -0.264 e. The number of halogens is 3. The van der Waals surface area contributed by atoms with Crippen LogP contribution in [0, 0.1) is 0 Å². The maximum atomic E-state index is 12.3. The smallest absolute Gasteiger partial charge is 0.264 e. The first kappa shape index (κ1) is 9.77.